The van der Waals surface area contributed by atoms with Crippen LogP contribution in [0.4, 0.5) is 11.4 Å². The molecule has 2 heteroatoms. The molecule has 2 atom stereocenters. The highest BCUT2D eigenvalue weighted by Gasteiger charge is 2.43. The van der Waals surface area contributed by atoms with Gasteiger partial charge in [0.15, 0.2) is 0 Å². The quantitative estimate of drug-likeness (QED) is 0.178. The zero-order valence-electron chi connectivity index (χ0n) is 27.4. The van der Waals surface area contributed by atoms with E-state index in [4.69, 9.17) is 0 Å². The van der Waals surface area contributed by atoms with Crippen LogP contribution < -0.4 is 4.90 Å². The molecule has 0 saturated heterocycles. The Morgan fingerprint density at radius 3 is 1.56 bits per heavy atom. The molecule has 0 fully saturated rings. The van der Waals surface area contributed by atoms with Gasteiger partial charge >= 0.3 is 0 Å². The van der Waals surface area contributed by atoms with Crippen molar-refractivity contribution in [2.75, 3.05) is 4.90 Å². The molecule has 236 valence electrons. The average molecular weight is 656 g/mol. The van der Waals surface area contributed by atoms with Gasteiger partial charge in [0.05, 0.1) is 11.7 Å². The molecule has 0 saturated carbocycles. The molecule has 0 spiro atoms. The second-order valence-corrected chi connectivity index (χ2v) is 14.2. The first-order valence-corrected chi connectivity index (χ1v) is 18.2. The minimum Gasteiger partial charge on any atom is -0.333 e. The molecule has 50 heavy (non-hydrogen) atoms. The molecule has 2 aliphatic rings. The minimum atomic E-state index is 0.126. The molecule has 2 heterocycles. The summed E-state index contributed by atoms with van der Waals surface area (Å²) in [6.07, 6.45) is 9.32. The summed E-state index contributed by atoms with van der Waals surface area (Å²) < 4.78 is 2.65. The second kappa shape index (κ2) is 11.9. The monoisotopic (exact) mass is 655 g/mol. The number of anilines is 2. The number of allylic oxidation sites excluding steroid dienone is 2. The molecule has 1 aliphatic carbocycles. The zero-order chi connectivity index (χ0) is 33.0. The molecular weight excluding hydrogens is 623 g/mol. The molecule has 0 amide bonds. The molecular formula is C48H33NS. The van der Waals surface area contributed by atoms with E-state index in [0.717, 1.165) is 0 Å². The summed E-state index contributed by atoms with van der Waals surface area (Å²) in [7, 11) is 0. The number of nitrogens with zero attached hydrogens (tertiary/aromatic N) is 1. The summed E-state index contributed by atoms with van der Waals surface area (Å²) in [5.41, 5.74) is 13.9. The molecule has 1 nitrogen and oxygen atoms in total. The Morgan fingerprint density at radius 2 is 0.920 bits per heavy atom. The Hall–Kier alpha value is -5.96. The number of fused-ring (bicyclic) bond motifs is 6. The summed E-state index contributed by atoms with van der Waals surface area (Å²) in [4.78, 5) is 2.65. The van der Waals surface area contributed by atoms with E-state index < -0.39 is 0 Å². The number of hydrogen-bond acceptors (Lipinski definition) is 2. The van der Waals surface area contributed by atoms with Crippen LogP contribution in [0.25, 0.3) is 64.7 Å². The van der Waals surface area contributed by atoms with Crippen molar-refractivity contribution in [3.05, 3.63) is 194 Å². The van der Waals surface area contributed by atoms with Crippen LogP contribution in [0, 0.1) is 0 Å². The lowest BCUT2D eigenvalue weighted by Crippen LogP contribution is -2.28. The number of benzene rings is 7. The molecule has 10 rings (SSSR count). The van der Waals surface area contributed by atoms with Gasteiger partial charge in [-0.05, 0) is 57.1 Å². The first-order valence-electron chi connectivity index (χ1n) is 17.4. The van der Waals surface area contributed by atoms with Gasteiger partial charge in [-0.1, -0.05) is 170 Å². The Kier molecular flexibility index (Phi) is 6.89. The van der Waals surface area contributed by atoms with Crippen LogP contribution in [0.15, 0.2) is 188 Å². The van der Waals surface area contributed by atoms with Gasteiger partial charge in [0.2, 0.25) is 0 Å². The van der Waals surface area contributed by atoms with Gasteiger partial charge in [-0.15, -0.1) is 11.3 Å². The van der Waals surface area contributed by atoms with E-state index in [1.807, 2.05) is 11.3 Å². The Morgan fingerprint density at radius 1 is 0.420 bits per heavy atom. The first-order chi connectivity index (χ1) is 24.8. The fourth-order valence-electron chi connectivity index (χ4n) is 8.33. The van der Waals surface area contributed by atoms with Crippen molar-refractivity contribution in [2.45, 2.75) is 12.0 Å². The largest absolute Gasteiger partial charge is 0.333 e. The summed E-state index contributed by atoms with van der Waals surface area (Å²) in [6, 6.07) is 60.3. The molecule has 8 aromatic rings. The number of thiophene rings is 1. The van der Waals surface area contributed by atoms with Gasteiger partial charge in [-0.2, -0.15) is 0 Å². The highest BCUT2D eigenvalue weighted by Crippen LogP contribution is 2.61. The fraction of sp³-hybridized carbons (Fsp3) is 0.0417. The summed E-state index contributed by atoms with van der Waals surface area (Å²) in [5, 5.41) is 2.65. The van der Waals surface area contributed by atoms with Crippen LogP contribution >= 0.6 is 11.3 Å². The molecule has 1 aliphatic heterocycles. The Balaban J connectivity index is 1.40. The maximum atomic E-state index is 2.65. The topological polar surface area (TPSA) is 3.24 Å². The zero-order valence-corrected chi connectivity index (χ0v) is 28.2. The van der Waals surface area contributed by atoms with Crippen LogP contribution in [-0.2, 0) is 0 Å². The third-order valence-corrected chi connectivity index (χ3v) is 11.5. The Bertz CT molecular complexity index is 2580. The lowest BCUT2D eigenvalue weighted by Gasteiger charge is -2.31. The normalized spacial score (nSPS) is 16.2. The predicted octanol–water partition coefficient (Wildman–Crippen LogP) is 13.5. The van der Waals surface area contributed by atoms with E-state index in [0.29, 0.717) is 0 Å². The maximum Gasteiger partial charge on any atom is 0.0630 e. The van der Waals surface area contributed by atoms with E-state index in [9.17, 15) is 0 Å². The van der Waals surface area contributed by atoms with Crippen LogP contribution in [0.2, 0.25) is 0 Å². The number of rotatable bonds is 5. The predicted molar refractivity (Wildman–Crippen MR) is 214 cm³/mol. The van der Waals surface area contributed by atoms with Crippen LogP contribution in [0.1, 0.15) is 11.5 Å². The summed E-state index contributed by atoms with van der Waals surface area (Å²) in [6.45, 7) is 0. The van der Waals surface area contributed by atoms with Crippen molar-refractivity contribution in [1.29, 1.82) is 0 Å². The van der Waals surface area contributed by atoms with E-state index in [1.165, 1.54) is 81.6 Å². The van der Waals surface area contributed by atoms with Crippen molar-refractivity contribution in [1.82, 2.24) is 0 Å². The van der Waals surface area contributed by atoms with E-state index in [1.54, 1.807) is 0 Å². The van der Waals surface area contributed by atoms with Crippen molar-refractivity contribution < 1.29 is 0 Å². The standard InChI is InChI=1S/C48H33NS/c1-5-17-32(18-6-1)43-44(33-19-7-2-8-20-33)46(35-23-11-4-12-24-35)48-47(45(43)34-21-9-3-10-22-34)39-26-13-15-27-40(39)49(48)36-29-30-38-37-25-14-16-28-41(37)50-42(38)31-36/h1-31,39-40H. The first kappa shape index (κ1) is 29.0. The minimum absolute atomic E-state index is 0.126. The van der Waals surface area contributed by atoms with E-state index >= 15 is 0 Å². The van der Waals surface area contributed by atoms with Crippen molar-refractivity contribution in [2.24, 2.45) is 0 Å². The summed E-state index contributed by atoms with van der Waals surface area (Å²) in [5.74, 6) is 0.165. The van der Waals surface area contributed by atoms with Gasteiger partial charge < -0.3 is 4.90 Å². The fourth-order valence-corrected chi connectivity index (χ4v) is 9.47. The van der Waals surface area contributed by atoms with Gasteiger partial charge in [0.1, 0.15) is 0 Å². The molecule has 2 unspecified atom stereocenters. The number of hydrogen-bond donors (Lipinski definition) is 0. The van der Waals surface area contributed by atoms with E-state index in [2.05, 4.69) is 193 Å². The van der Waals surface area contributed by atoms with Crippen molar-refractivity contribution in [3.63, 3.8) is 0 Å². The molecule has 0 N–H and O–H groups in total. The van der Waals surface area contributed by atoms with Gasteiger partial charge in [0, 0.05) is 42.9 Å². The van der Waals surface area contributed by atoms with Crippen LogP contribution in [0.5, 0.6) is 0 Å². The lowest BCUT2D eigenvalue weighted by molar-refractivity contribution is 0.746. The second-order valence-electron chi connectivity index (χ2n) is 13.2. The Labute approximate surface area is 296 Å². The third kappa shape index (κ3) is 4.53. The lowest BCUT2D eigenvalue weighted by atomic mass is 9.76. The molecule has 0 bridgehead atoms. The average Bonchev–Trinajstić information content (AvgIpc) is 3.74. The third-order valence-electron chi connectivity index (χ3n) is 10.4. The van der Waals surface area contributed by atoms with Gasteiger partial charge in [0.25, 0.3) is 0 Å². The van der Waals surface area contributed by atoms with Gasteiger partial charge in [-0.25, -0.2) is 0 Å². The van der Waals surface area contributed by atoms with Crippen molar-refractivity contribution in [3.8, 4) is 44.5 Å². The highest BCUT2D eigenvalue weighted by atomic mass is 32.1. The van der Waals surface area contributed by atoms with Crippen molar-refractivity contribution >= 4 is 42.9 Å². The van der Waals surface area contributed by atoms with Crippen LogP contribution in [-0.4, -0.2) is 6.04 Å². The SMILES string of the molecule is C1=CC2c3c(-c4ccccc4)c(-c4ccccc4)c(-c4ccccc4)c(-c4ccccc4)c3N(c3ccc4c(c3)sc3ccccc34)C2C=C1. The summed E-state index contributed by atoms with van der Waals surface area (Å²) >= 11 is 1.89. The van der Waals surface area contributed by atoms with E-state index in [-0.39, 0.29) is 12.0 Å². The smallest absolute Gasteiger partial charge is 0.0630 e. The molecule has 7 aromatic carbocycles. The van der Waals surface area contributed by atoms with Crippen LogP contribution in [0.3, 0.4) is 0 Å². The van der Waals surface area contributed by atoms with Gasteiger partial charge in [-0.3, -0.25) is 0 Å². The highest BCUT2D eigenvalue weighted by molar-refractivity contribution is 7.25. The molecule has 1 aromatic heterocycles. The molecule has 0 radical (unpaired) electrons. The maximum absolute atomic E-state index is 2.65.